The van der Waals surface area contributed by atoms with E-state index >= 15 is 0 Å². The smallest absolute Gasteiger partial charge is 0.271 e. The van der Waals surface area contributed by atoms with Crippen LogP contribution in [0.3, 0.4) is 0 Å². The number of carbonyl (C=O) groups excluding carboxylic acids is 2. The predicted molar refractivity (Wildman–Crippen MR) is 93.5 cm³/mol. The van der Waals surface area contributed by atoms with E-state index in [0.29, 0.717) is 37.4 Å². The molecule has 0 saturated carbocycles. The Morgan fingerprint density at radius 3 is 2.64 bits per heavy atom. The lowest BCUT2D eigenvalue weighted by molar-refractivity contribution is 0.0947. The van der Waals surface area contributed by atoms with Gasteiger partial charge in [0, 0.05) is 31.0 Å². The van der Waals surface area contributed by atoms with Crippen molar-refractivity contribution < 1.29 is 14.3 Å². The van der Waals surface area contributed by atoms with E-state index in [2.05, 4.69) is 20.6 Å². The van der Waals surface area contributed by atoms with Crippen molar-refractivity contribution in [2.45, 2.75) is 19.8 Å². The van der Waals surface area contributed by atoms with Crippen LogP contribution in [-0.2, 0) is 0 Å². The third-order valence-corrected chi connectivity index (χ3v) is 3.29. The van der Waals surface area contributed by atoms with E-state index in [1.165, 1.54) is 18.6 Å². The van der Waals surface area contributed by atoms with Gasteiger partial charge in [0.05, 0.1) is 12.8 Å². The van der Waals surface area contributed by atoms with Gasteiger partial charge in [-0.15, -0.1) is 0 Å². The number of benzene rings is 1. The fourth-order valence-corrected chi connectivity index (χ4v) is 2.05. The summed E-state index contributed by atoms with van der Waals surface area (Å²) in [6, 6.07) is 7.08. The minimum atomic E-state index is -0.278. The summed E-state index contributed by atoms with van der Waals surface area (Å²) < 4.78 is 5.52. The van der Waals surface area contributed by atoms with Gasteiger partial charge in [0.15, 0.2) is 0 Å². The first-order chi connectivity index (χ1) is 12.2. The molecule has 0 aliphatic carbocycles. The molecule has 132 valence electrons. The van der Waals surface area contributed by atoms with Crippen LogP contribution in [0.1, 0.15) is 40.6 Å². The Kier molecular flexibility index (Phi) is 7.37. The third-order valence-electron chi connectivity index (χ3n) is 3.29. The molecule has 0 fully saturated rings. The zero-order valence-corrected chi connectivity index (χ0v) is 14.2. The summed E-state index contributed by atoms with van der Waals surface area (Å²) in [5.74, 6) is 0.244. The molecule has 1 heterocycles. The lowest BCUT2D eigenvalue weighted by atomic mass is 10.2. The van der Waals surface area contributed by atoms with Crippen molar-refractivity contribution >= 4 is 11.8 Å². The molecule has 0 aliphatic heterocycles. The monoisotopic (exact) mass is 342 g/mol. The lowest BCUT2D eigenvalue weighted by Crippen LogP contribution is -2.30. The van der Waals surface area contributed by atoms with Gasteiger partial charge in [-0.25, -0.2) is 4.98 Å². The standard InChI is InChI=1S/C18H22N4O3/c1-2-11-25-15-6-3-5-14(12-15)17(23)21-7-4-8-22-18(24)16-13-19-9-10-20-16/h3,5-6,9-10,12-13H,2,4,7-8,11H2,1H3,(H,21,23)(H,22,24). The Morgan fingerprint density at radius 1 is 1.12 bits per heavy atom. The van der Waals surface area contributed by atoms with E-state index in [4.69, 9.17) is 4.74 Å². The summed E-state index contributed by atoms with van der Waals surface area (Å²) in [5, 5.41) is 5.55. The van der Waals surface area contributed by atoms with Gasteiger partial charge < -0.3 is 15.4 Å². The Morgan fingerprint density at radius 2 is 1.92 bits per heavy atom. The Balaban J connectivity index is 1.69. The van der Waals surface area contributed by atoms with Crippen molar-refractivity contribution in [2.75, 3.05) is 19.7 Å². The first-order valence-corrected chi connectivity index (χ1v) is 8.26. The van der Waals surface area contributed by atoms with Crippen molar-refractivity contribution in [3.8, 4) is 5.75 Å². The summed E-state index contributed by atoms with van der Waals surface area (Å²) in [6.45, 7) is 3.55. The highest BCUT2D eigenvalue weighted by atomic mass is 16.5. The average molecular weight is 342 g/mol. The number of nitrogens with zero attached hydrogens (tertiary/aromatic N) is 2. The van der Waals surface area contributed by atoms with Gasteiger partial charge in [-0.05, 0) is 31.0 Å². The van der Waals surface area contributed by atoms with Gasteiger partial charge in [0.1, 0.15) is 11.4 Å². The molecule has 25 heavy (non-hydrogen) atoms. The van der Waals surface area contributed by atoms with Crippen molar-refractivity contribution in [1.82, 2.24) is 20.6 Å². The van der Waals surface area contributed by atoms with E-state index in [1.807, 2.05) is 13.0 Å². The molecular formula is C18H22N4O3. The van der Waals surface area contributed by atoms with Crippen LogP contribution in [0, 0.1) is 0 Å². The molecule has 0 unspecified atom stereocenters. The number of amides is 2. The molecule has 0 atom stereocenters. The van der Waals surface area contributed by atoms with E-state index in [9.17, 15) is 9.59 Å². The van der Waals surface area contributed by atoms with Crippen molar-refractivity contribution in [3.05, 3.63) is 54.1 Å². The first-order valence-electron chi connectivity index (χ1n) is 8.26. The van der Waals surface area contributed by atoms with Crippen LogP contribution in [0.15, 0.2) is 42.9 Å². The molecule has 1 aromatic carbocycles. The topological polar surface area (TPSA) is 93.2 Å². The van der Waals surface area contributed by atoms with Crippen LogP contribution in [0.2, 0.25) is 0 Å². The zero-order chi connectivity index (χ0) is 17.9. The maximum Gasteiger partial charge on any atom is 0.271 e. The summed E-state index contributed by atoms with van der Waals surface area (Å²) in [5.41, 5.74) is 0.827. The second-order valence-corrected chi connectivity index (χ2v) is 5.33. The SMILES string of the molecule is CCCOc1cccc(C(=O)NCCCNC(=O)c2cnccn2)c1. The van der Waals surface area contributed by atoms with Crippen LogP contribution in [0.4, 0.5) is 0 Å². The van der Waals surface area contributed by atoms with E-state index in [-0.39, 0.29) is 17.5 Å². The summed E-state index contributed by atoms with van der Waals surface area (Å²) in [4.78, 5) is 31.6. The van der Waals surface area contributed by atoms with Crippen molar-refractivity contribution in [3.63, 3.8) is 0 Å². The predicted octanol–water partition coefficient (Wildman–Crippen LogP) is 1.82. The van der Waals surface area contributed by atoms with Crippen LogP contribution in [-0.4, -0.2) is 41.5 Å². The number of rotatable bonds is 9. The second-order valence-electron chi connectivity index (χ2n) is 5.33. The number of hydrogen-bond acceptors (Lipinski definition) is 5. The van der Waals surface area contributed by atoms with Crippen LogP contribution < -0.4 is 15.4 Å². The normalized spacial score (nSPS) is 10.1. The van der Waals surface area contributed by atoms with Gasteiger partial charge in [0.25, 0.3) is 11.8 Å². The maximum atomic E-state index is 12.1. The van der Waals surface area contributed by atoms with Gasteiger partial charge in [0.2, 0.25) is 0 Å². The van der Waals surface area contributed by atoms with E-state index < -0.39 is 0 Å². The molecule has 2 rings (SSSR count). The molecule has 0 saturated heterocycles. The van der Waals surface area contributed by atoms with E-state index in [0.717, 1.165) is 6.42 Å². The number of ether oxygens (including phenoxy) is 1. The summed E-state index contributed by atoms with van der Waals surface area (Å²) >= 11 is 0. The summed E-state index contributed by atoms with van der Waals surface area (Å²) in [7, 11) is 0. The molecule has 7 nitrogen and oxygen atoms in total. The molecule has 0 bridgehead atoms. The fraction of sp³-hybridized carbons (Fsp3) is 0.333. The average Bonchev–Trinajstić information content (AvgIpc) is 2.66. The molecule has 0 aliphatic rings. The largest absolute Gasteiger partial charge is 0.494 e. The molecule has 7 heteroatoms. The molecule has 0 spiro atoms. The number of nitrogens with one attached hydrogen (secondary N) is 2. The van der Waals surface area contributed by atoms with Gasteiger partial charge in [-0.1, -0.05) is 13.0 Å². The Hall–Kier alpha value is -2.96. The Labute approximate surface area is 146 Å². The highest BCUT2D eigenvalue weighted by Gasteiger charge is 2.07. The Bertz CT molecular complexity index is 692. The lowest BCUT2D eigenvalue weighted by Gasteiger charge is -2.08. The molecule has 2 aromatic rings. The van der Waals surface area contributed by atoms with E-state index in [1.54, 1.807) is 18.2 Å². The fourth-order valence-electron chi connectivity index (χ4n) is 2.05. The maximum absolute atomic E-state index is 12.1. The zero-order valence-electron chi connectivity index (χ0n) is 14.2. The molecular weight excluding hydrogens is 320 g/mol. The minimum Gasteiger partial charge on any atom is -0.494 e. The third kappa shape index (κ3) is 6.21. The van der Waals surface area contributed by atoms with Crippen LogP contribution >= 0.6 is 0 Å². The molecule has 0 radical (unpaired) electrons. The summed E-state index contributed by atoms with van der Waals surface area (Å²) in [6.07, 6.45) is 5.91. The van der Waals surface area contributed by atoms with Crippen molar-refractivity contribution in [1.29, 1.82) is 0 Å². The second kappa shape index (κ2) is 10.0. The van der Waals surface area contributed by atoms with Crippen LogP contribution in [0.25, 0.3) is 0 Å². The quantitative estimate of drug-likeness (QED) is 0.678. The van der Waals surface area contributed by atoms with Crippen LogP contribution in [0.5, 0.6) is 5.75 Å². The highest BCUT2D eigenvalue weighted by molar-refractivity contribution is 5.94. The highest BCUT2D eigenvalue weighted by Crippen LogP contribution is 2.13. The van der Waals surface area contributed by atoms with Crippen molar-refractivity contribution in [2.24, 2.45) is 0 Å². The first kappa shape index (κ1) is 18.4. The molecule has 1 aromatic heterocycles. The minimum absolute atomic E-state index is 0.165. The van der Waals surface area contributed by atoms with Gasteiger partial charge in [-0.2, -0.15) is 0 Å². The van der Waals surface area contributed by atoms with Gasteiger partial charge in [-0.3, -0.25) is 14.6 Å². The molecule has 2 N–H and O–H groups in total. The number of carbonyl (C=O) groups is 2. The molecule has 2 amide bonds. The number of aromatic nitrogens is 2. The number of hydrogen-bond donors (Lipinski definition) is 2. The van der Waals surface area contributed by atoms with Gasteiger partial charge >= 0.3 is 0 Å².